The van der Waals surface area contributed by atoms with Crippen molar-refractivity contribution in [2.45, 2.75) is 16.2 Å². The summed E-state index contributed by atoms with van der Waals surface area (Å²) < 4.78 is 33.2. The Morgan fingerprint density at radius 1 is 1.24 bits per heavy atom. The molecule has 0 fully saturated rings. The van der Waals surface area contributed by atoms with Crippen molar-refractivity contribution in [1.29, 1.82) is 0 Å². The average molecular weight is 451 g/mol. The van der Waals surface area contributed by atoms with Gasteiger partial charge in [0.1, 0.15) is 0 Å². The van der Waals surface area contributed by atoms with Crippen molar-refractivity contribution < 1.29 is 19.4 Å². The average Bonchev–Trinajstić information content (AvgIpc) is 3.20. The maximum Gasteiger partial charge on any atom is 0.338 e. The number of aromatic nitrogens is 1. The molecule has 2 aromatic carbocycles. The molecule has 0 atom stereocenters. The Labute approximate surface area is 179 Å². The lowest BCUT2D eigenvalue weighted by Crippen LogP contribution is -2.26. The van der Waals surface area contributed by atoms with Crippen LogP contribution in [0.25, 0.3) is 11.3 Å². The lowest BCUT2D eigenvalue weighted by Gasteiger charge is -2.09. The van der Waals surface area contributed by atoms with Gasteiger partial charge in [0.15, 0.2) is 4.34 Å². The minimum atomic E-state index is -3.72. The summed E-state index contributed by atoms with van der Waals surface area (Å²) in [7, 11) is -2.46. The van der Waals surface area contributed by atoms with E-state index in [1.54, 1.807) is 13.0 Å². The maximum atomic E-state index is 12.5. The van der Waals surface area contributed by atoms with Crippen molar-refractivity contribution in [3.05, 3.63) is 65.0 Å². The van der Waals surface area contributed by atoms with Gasteiger partial charge in [0.2, 0.25) is 10.0 Å². The number of ether oxygens (including phenoxy) is 1. The summed E-state index contributed by atoms with van der Waals surface area (Å²) in [6, 6.07) is 14.3. The summed E-state index contributed by atoms with van der Waals surface area (Å²) in [5.41, 5.74) is 2.86. The molecule has 1 heterocycles. The second-order valence-corrected chi connectivity index (χ2v) is 10.0. The third-order valence-electron chi connectivity index (χ3n) is 4.10. The van der Waals surface area contributed by atoms with Crippen molar-refractivity contribution in [2.75, 3.05) is 19.4 Å². The number of thiazole rings is 1. The number of esters is 1. The quantitative estimate of drug-likeness (QED) is 0.314. The van der Waals surface area contributed by atoms with Crippen LogP contribution in [0.3, 0.4) is 0 Å². The first-order chi connectivity index (χ1) is 13.9. The number of nitrogens with one attached hydrogen (secondary N) is 1. The van der Waals surface area contributed by atoms with Crippen molar-refractivity contribution in [3.8, 4) is 11.3 Å². The first kappa shape index (κ1) is 21.5. The third-order valence-corrected chi connectivity index (χ3v) is 7.58. The molecule has 6 nitrogen and oxygen atoms in total. The second kappa shape index (κ2) is 9.53. The zero-order valence-electron chi connectivity index (χ0n) is 15.9. The smallest absolute Gasteiger partial charge is 0.338 e. The van der Waals surface area contributed by atoms with Crippen LogP contribution in [0.1, 0.15) is 17.3 Å². The molecular formula is C20H22N2O4S3. The summed E-state index contributed by atoms with van der Waals surface area (Å²) in [6.07, 6.45) is 0. The van der Waals surface area contributed by atoms with Crippen molar-refractivity contribution in [3.63, 3.8) is 0 Å². The molecule has 0 saturated carbocycles. The van der Waals surface area contributed by atoms with E-state index in [1.165, 1.54) is 42.3 Å². The number of hydrogen-bond donors (Lipinski definition) is 1. The van der Waals surface area contributed by atoms with E-state index in [0.29, 0.717) is 11.3 Å². The summed E-state index contributed by atoms with van der Waals surface area (Å²) in [6.45, 7) is 1.97. The topological polar surface area (TPSA) is 85.4 Å². The van der Waals surface area contributed by atoms with Gasteiger partial charge in [-0.25, -0.2) is 22.9 Å². The highest BCUT2D eigenvalue weighted by Gasteiger charge is 2.18. The molecule has 29 heavy (non-hydrogen) atoms. The first-order valence-electron chi connectivity index (χ1n) is 8.73. The molecule has 0 unspecified atom stereocenters. The summed E-state index contributed by atoms with van der Waals surface area (Å²) in [4.78, 5) is 16.4. The number of carbonyl (C=O) groups is 1. The lowest BCUT2D eigenvalue weighted by atomic mass is 10.1. The SMILES string of the molecule is COC(=O)c1cc(S(=O)(=O)NCCSc2nc(-c3ccccc3)cs2)ccc1C.[HH]. The van der Waals surface area contributed by atoms with Crippen LogP contribution in [0, 0.1) is 6.92 Å². The number of rotatable bonds is 8. The Morgan fingerprint density at radius 3 is 2.72 bits per heavy atom. The van der Waals surface area contributed by atoms with Crippen molar-refractivity contribution >= 4 is 39.1 Å². The molecule has 1 aromatic heterocycles. The number of carbonyl (C=O) groups excluding carboxylic acids is 1. The molecule has 0 aliphatic carbocycles. The largest absolute Gasteiger partial charge is 0.465 e. The lowest BCUT2D eigenvalue weighted by molar-refractivity contribution is 0.0599. The predicted molar refractivity (Wildman–Crippen MR) is 118 cm³/mol. The molecule has 0 bridgehead atoms. The van der Waals surface area contributed by atoms with Crippen LogP contribution >= 0.6 is 23.1 Å². The zero-order chi connectivity index (χ0) is 20.9. The van der Waals surface area contributed by atoms with E-state index < -0.39 is 16.0 Å². The van der Waals surface area contributed by atoms with Crippen LogP contribution in [0.5, 0.6) is 0 Å². The number of hydrogen-bond acceptors (Lipinski definition) is 7. The number of sulfonamides is 1. The van der Waals surface area contributed by atoms with E-state index in [4.69, 9.17) is 4.74 Å². The molecule has 0 aliphatic rings. The molecule has 3 rings (SSSR count). The van der Waals surface area contributed by atoms with Gasteiger partial charge < -0.3 is 4.74 Å². The van der Waals surface area contributed by atoms with Crippen LogP contribution in [-0.4, -0.2) is 38.8 Å². The molecular weight excluding hydrogens is 428 g/mol. The van der Waals surface area contributed by atoms with Crippen LogP contribution in [0.2, 0.25) is 0 Å². The van der Waals surface area contributed by atoms with Gasteiger partial charge >= 0.3 is 5.97 Å². The number of benzene rings is 2. The van der Waals surface area contributed by atoms with Crippen molar-refractivity contribution in [2.24, 2.45) is 0 Å². The first-order valence-corrected chi connectivity index (χ1v) is 12.1. The Kier molecular flexibility index (Phi) is 7.07. The molecule has 0 aliphatic heterocycles. The van der Waals surface area contributed by atoms with Gasteiger partial charge in [0, 0.05) is 24.7 Å². The number of thioether (sulfide) groups is 1. The zero-order valence-corrected chi connectivity index (χ0v) is 18.4. The van der Waals surface area contributed by atoms with E-state index in [0.717, 1.165) is 15.6 Å². The highest BCUT2D eigenvalue weighted by atomic mass is 32.2. The van der Waals surface area contributed by atoms with Crippen LogP contribution in [0.15, 0.2) is 63.1 Å². The minimum absolute atomic E-state index is 0. The minimum Gasteiger partial charge on any atom is -0.465 e. The summed E-state index contributed by atoms with van der Waals surface area (Å²) in [5, 5.41) is 1.99. The molecule has 1 N–H and O–H groups in total. The number of nitrogens with zero attached hydrogens (tertiary/aromatic N) is 1. The van der Waals surface area contributed by atoms with E-state index in [1.807, 2.05) is 35.7 Å². The van der Waals surface area contributed by atoms with Gasteiger partial charge in [0.05, 0.1) is 23.3 Å². The fourth-order valence-electron chi connectivity index (χ4n) is 2.56. The van der Waals surface area contributed by atoms with Gasteiger partial charge in [-0.15, -0.1) is 11.3 Å². The summed E-state index contributed by atoms with van der Waals surface area (Å²) in [5.74, 6) is -0.0236. The second-order valence-electron chi connectivity index (χ2n) is 6.08. The van der Waals surface area contributed by atoms with Crippen LogP contribution in [0.4, 0.5) is 0 Å². The highest BCUT2D eigenvalue weighted by molar-refractivity contribution is 8.01. The van der Waals surface area contributed by atoms with Gasteiger partial charge in [-0.3, -0.25) is 0 Å². The van der Waals surface area contributed by atoms with Crippen LogP contribution in [-0.2, 0) is 14.8 Å². The van der Waals surface area contributed by atoms with E-state index >= 15 is 0 Å². The number of methoxy groups -OCH3 is 1. The standard InChI is InChI=1S/C20H20N2O4S3.H2/c1-14-8-9-16(12-17(14)19(23)26-2)29(24,25)21-10-11-27-20-22-18(13-28-20)15-6-4-3-5-7-15;/h3-9,12-13,21H,10-11H2,1-2H3;1H. The van der Waals surface area contributed by atoms with Crippen LogP contribution < -0.4 is 4.72 Å². The molecule has 3 aromatic rings. The fourth-order valence-corrected chi connectivity index (χ4v) is 5.51. The molecule has 9 heteroatoms. The molecule has 154 valence electrons. The van der Waals surface area contributed by atoms with E-state index in [9.17, 15) is 13.2 Å². The van der Waals surface area contributed by atoms with Gasteiger partial charge in [-0.05, 0) is 24.6 Å². The van der Waals surface area contributed by atoms with E-state index in [2.05, 4.69) is 9.71 Å². The Hall–Kier alpha value is -2.20. The van der Waals surface area contributed by atoms with Gasteiger partial charge in [-0.1, -0.05) is 48.2 Å². The number of aryl methyl sites for hydroxylation is 1. The monoisotopic (exact) mass is 450 g/mol. The fraction of sp³-hybridized carbons (Fsp3) is 0.200. The van der Waals surface area contributed by atoms with Gasteiger partial charge in [0.25, 0.3) is 0 Å². The Morgan fingerprint density at radius 2 is 2.00 bits per heavy atom. The maximum absolute atomic E-state index is 12.5. The highest BCUT2D eigenvalue weighted by Crippen LogP contribution is 2.28. The van der Waals surface area contributed by atoms with E-state index in [-0.39, 0.29) is 18.4 Å². The van der Waals surface area contributed by atoms with Gasteiger partial charge in [-0.2, -0.15) is 0 Å². The Balaban J connectivity index is 0.00000320. The predicted octanol–water partition coefficient (Wildman–Crippen LogP) is 4.22. The Bertz CT molecular complexity index is 1100. The molecule has 0 amide bonds. The molecule has 0 saturated heterocycles. The van der Waals surface area contributed by atoms with Crippen molar-refractivity contribution in [1.82, 2.24) is 9.71 Å². The molecule has 0 spiro atoms. The normalized spacial score (nSPS) is 11.4. The third kappa shape index (κ3) is 5.45. The summed E-state index contributed by atoms with van der Waals surface area (Å²) >= 11 is 3.02. The molecule has 0 radical (unpaired) electrons.